The molecule has 18 heavy (non-hydrogen) atoms. The van der Waals surface area contributed by atoms with Crippen LogP contribution in [0, 0.1) is 13.8 Å². The van der Waals surface area contributed by atoms with Gasteiger partial charge in [-0.25, -0.2) is 0 Å². The highest BCUT2D eigenvalue weighted by atomic mass is 16.3. The molecule has 0 aromatic heterocycles. The maximum Gasteiger partial charge on any atom is 0.237 e. The third kappa shape index (κ3) is 2.82. The molecular weight excluding hydrogens is 228 g/mol. The fourth-order valence-electron chi connectivity index (χ4n) is 2.36. The molecule has 1 amide bonds. The Bertz CT molecular complexity index is 434. The second-order valence-electron chi connectivity index (χ2n) is 4.94. The van der Waals surface area contributed by atoms with Crippen molar-refractivity contribution < 1.29 is 9.90 Å². The van der Waals surface area contributed by atoms with E-state index in [1.54, 1.807) is 0 Å². The fraction of sp³-hybridized carbons (Fsp3) is 0.500. The van der Waals surface area contributed by atoms with Gasteiger partial charge in [-0.3, -0.25) is 4.79 Å². The van der Waals surface area contributed by atoms with E-state index < -0.39 is 0 Å². The molecule has 1 aliphatic heterocycles. The third-order valence-corrected chi connectivity index (χ3v) is 3.39. The largest absolute Gasteiger partial charge is 0.507 e. The van der Waals surface area contributed by atoms with Crippen molar-refractivity contribution >= 4 is 5.91 Å². The zero-order valence-electron chi connectivity index (χ0n) is 10.9. The molecule has 98 valence electrons. The number of amides is 1. The number of benzene rings is 1. The number of hydrogen-bond donors (Lipinski definition) is 3. The number of carbonyl (C=O) groups is 1. The smallest absolute Gasteiger partial charge is 0.237 e. The highest BCUT2D eigenvalue weighted by Gasteiger charge is 2.20. The van der Waals surface area contributed by atoms with Crippen LogP contribution in [0.1, 0.15) is 29.5 Å². The summed E-state index contributed by atoms with van der Waals surface area (Å²) in [5.74, 6) is 0.447. The van der Waals surface area contributed by atoms with Crippen molar-refractivity contribution in [1.82, 2.24) is 10.6 Å². The minimum absolute atomic E-state index is 0.0897. The quantitative estimate of drug-likeness (QED) is 0.757. The molecule has 2 rings (SSSR count). The highest BCUT2D eigenvalue weighted by molar-refractivity contribution is 5.82. The molecule has 1 atom stereocenters. The monoisotopic (exact) mass is 248 g/mol. The highest BCUT2D eigenvalue weighted by Crippen LogP contribution is 2.22. The number of phenols is 1. The van der Waals surface area contributed by atoms with Gasteiger partial charge in [0.1, 0.15) is 5.75 Å². The van der Waals surface area contributed by atoms with Crippen LogP contribution >= 0.6 is 0 Å². The summed E-state index contributed by atoms with van der Waals surface area (Å²) >= 11 is 0. The standard InChI is InChI=1S/C14H20N2O2/c1-9-6-11(7-10(2)13(9)17)8-16-12-4-3-5-15-14(12)18/h6-7,12,16-17H,3-5,8H2,1-2H3,(H,15,18). The van der Waals surface area contributed by atoms with E-state index >= 15 is 0 Å². The summed E-state index contributed by atoms with van der Waals surface area (Å²) in [4.78, 5) is 11.6. The van der Waals surface area contributed by atoms with E-state index in [-0.39, 0.29) is 11.9 Å². The number of carbonyl (C=O) groups excluding carboxylic acids is 1. The van der Waals surface area contributed by atoms with Crippen LogP contribution in [0.5, 0.6) is 5.75 Å². The van der Waals surface area contributed by atoms with E-state index in [1.165, 1.54) is 0 Å². The Hall–Kier alpha value is -1.55. The summed E-state index contributed by atoms with van der Waals surface area (Å²) in [5, 5.41) is 15.8. The van der Waals surface area contributed by atoms with Crippen molar-refractivity contribution in [1.29, 1.82) is 0 Å². The molecule has 0 aliphatic carbocycles. The number of hydrogen-bond acceptors (Lipinski definition) is 3. The lowest BCUT2D eigenvalue weighted by Gasteiger charge is -2.23. The minimum Gasteiger partial charge on any atom is -0.507 e. The zero-order valence-corrected chi connectivity index (χ0v) is 10.9. The number of rotatable bonds is 3. The molecule has 1 unspecified atom stereocenters. The van der Waals surface area contributed by atoms with Crippen LogP contribution in [0.4, 0.5) is 0 Å². The summed E-state index contributed by atoms with van der Waals surface area (Å²) in [6, 6.07) is 3.82. The van der Waals surface area contributed by atoms with E-state index in [2.05, 4.69) is 10.6 Å². The zero-order chi connectivity index (χ0) is 13.1. The molecule has 4 heteroatoms. The first-order valence-corrected chi connectivity index (χ1v) is 6.38. The normalized spacial score (nSPS) is 19.7. The molecule has 3 N–H and O–H groups in total. The lowest BCUT2D eigenvalue weighted by molar-refractivity contribution is -0.124. The van der Waals surface area contributed by atoms with Crippen molar-refractivity contribution in [3.05, 3.63) is 28.8 Å². The maximum absolute atomic E-state index is 11.6. The first-order valence-electron chi connectivity index (χ1n) is 6.38. The van der Waals surface area contributed by atoms with Gasteiger partial charge in [0.05, 0.1) is 6.04 Å². The molecule has 0 saturated carbocycles. The topological polar surface area (TPSA) is 61.4 Å². The average molecular weight is 248 g/mol. The number of aromatic hydroxyl groups is 1. The predicted octanol–water partition coefficient (Wildman–Crippen LogP) is 1.38. The molecule has 0 bridgehead atoms. The molecule has 1 heterocycles. The van der Waals surface area contributed by atoms with Crippen molar-refractivity contribution in [2.75, 3.05) is 6.54 Å². The van der Waals surface area contributed by atoms with Gasteiger partial charge in [-0.15, -0.1) is 0 Å². The van der Waals surface area contributed by atoms with E-state index in [4.69, 9.17) is 0 Å². The number of aryl methyl sites for hydroxylation is 2. The summed E-state index contributed by atoms with van der Waals surface area (Å²) in [6.07, 6.45) is 1.92. The Balaban J connectivity index is 1.99. The molecule has 1 aliphatic rings. The molecule has 4 nitrogen and oxygen atoms in total. The van der Waals surface area contributed by atoms with Crippen LogP contribution in [0.2, 0.25) is 0 Å². The first kappa shape index (κ1) is 12.9. The van der Waals surface area contributed by atoms with Crippen molar-refractivity contribution in [3.8, 4) is 5.75 Å². The van der Waals surface area contributed by atoms with Gasteiger partial charge in [0.15, 0.2) is 0 Å². The Morgan fingerprint density at radius 2 is 2.06 bits per heavy atom. The summed E-state index contributed by atoms with van der Waals surface area (Å²) in [6.45, 7) is 5.22. The number of piperidine rings is 1. The Labute approximate surface area is 107 Å². The van der Waals surface area contributed by atoms with E-state index in [1.807, 2.05) is 26.0 Å². The summed E-state index contributed by atoms with van der Waals surface area (Å²) < 4.78 is 0. The second kappa shape index (κ2) is 5.40. The Morgan fingerprint density at radius 3 is 2.67 bits per heavy atom. The Kier molecular flexibility index (Phi) is 3.87. The molecule has 0 radical (unpaired) electrons. The SMILES string of the molecule is Cc1cc(CNC2CCCNC2=O)cc(C)c1O. The van der Waals surface area contributed by atoms with Gasteiger partial charge in [-0.05, 0) is 43.4 Å². The summed E-state index contributed by atoms with van der Waals surface area (Å²) in [5.41, 5.74) is 2.85. The summed E-state index contributed by atoms with van der Waals surface area (Å²) in [7, 11) is 0. The average Bonchev–Trinajstić information content (AvgIpc) is 2.35. The fourth-order valence-corrected chi connectivity index (χ4v) is 2.36. The van der Waals surface area contributed by atoms with E-state index in [0.717, 1.165) is 36.1 Å². The van der Waals surface area contributed by atoms with Crippen LogP contribution in [0.25, 0.3) is 0 Å². The Morgan fingerprint density at radius 1 is 1.39 bits per heavy atom. The third-order valence-electron chi connectivity index (χ3n) is 3.39. The van der Waals surface area contributed by atoms with Gasteiger partial charge in [0.2, 0.25) is 5.91 Å². The molecule has 1 saturated heterocycles. The van der Waals surface area contributed by atoms with Gasteiger partial charge in [-0.1, -0.05) is 12.1 Å². The van der Waals surface area contributed by atoms with Crippen LogP contribution in [-0.4, -0.2) is 23.6 Å². The first-order chi connectivity index (χ1) is 8.58. The maximum atomic E-state index is 11.6. The van der Waals surface area contributed by atoms with Crippen LogP contribution in [0.15, 0.2) is 12.1 Å². The second-order valence-corrected chi connectivity index (χ2v) is 4.94. The van der Waals surface area contributed by atoms with Gasteiger partial charge in [-0.2, -0.15) is 0 Å². The van der Waals surface area contributed by atoms with Crippen molar-refractivity contribution in [2.45, 2.75) is 39.3 Å². The molecule has 1 aromatic rings. The lowest BCUT2D eigenvalue weighted by atomic mass is 10.0. The van der Waals surface area contributed by atoms with Crippen molar-refractivity contribution in [3.63, 3.8) is 0 Å². The lowest BCUT2D eigenvalue weighted by Crippen LogP contribution is -2.47. The van der Waals surface area contributed by atoms with Crippen molar-refractivity contribution in [2.24, 2.45) is 0 Å². The molecular formula is C14H20N2O2. The predicted molar refractivity (Wildman–Crippen MR) is 70.5 cm³/mol. The van der Waals surface area contributed by atoms with E-state index in [0.29, 0.717) is 12.3 Å². The van der Waals surface area contributed by atoms with E-state index in [9.17, 15) is 9.90 Å². The molecule has 1 fully saturated rings. The van der Waals surface area contributed by atoms with Gasteiger partial charge < -0.3 is 15.7 Å². The van der Waals surface area contributed by atoms with Gasteiger partial charge in [0.25, 0.3) is 0 Å². The van der Waals surface area contributed by atoms with Crippen LogP contribution < -0.4 is 10.6 Å². The minimum atomic E-state index is -0.0897. The number of nitrogens with one attached hydrogen (secondary N) is 2. The molecule has 0 spiro atoms. The van der Waals surface area contributed by atoms with Crippen LogP contribution in [-0.2, 0) is 11.3 Å². The number of phenolic OH excluding ortho intramolecular Hbond substituents is 1. The molecule has 1 aromatic carbocycles. The van der Waals surface area contributed by atoms with Crippen LogP contribution in [0.3, 0.4) is 0 Å². The van der Waals surface area contributed by atoms with Gasteiger partial charge in [0, 0.05) is 13.1 Å². The van der Waals surface area contributed by atoms with Gasteiger partial charge >= 0.3 is 0 Å².